The first-order valence-corrected chi connectivity index (χ1v) is 12.8. The first-order valence-electron chi connectivity index (χ1n) is 12.8. The van der Waals surface area contributed by atoms with E-state index >= 15 is 0 Å². The third-order valence-corrected chi connectivity index (χ3v) is 7.63. The summed E-state index contributed by atoms with van der Waals surface area (Å²) in [5.74, 6) is 1.41. The number of hydrogen-bond donors (Lipinski definition) is 0. The molecule has 2 fully saturated rings. The van der Waals surface area contributed by atoms with Crippen LogP contribution in [0, 0.1) is 0 Å². The molecule has 0 amide bonds. The summed E-state index contributed by atoms with van der Waals surface area (Å²) in [6, 6.07) is 18.3. The molecule has 6 rings (SSSR count). The van der Waals surface area contributed by atoms with Crippen LogP contribution in [0.15, 0.2) is 60.9 Å². The number of aromatic nitrogens is 2. The molecule has 3 aliphatic rings. The minimum Gasteiger partial charge on any atom is -0.494 e. The Bertz CT molecular complexity index is 1080. The van der Waals surface area contributed by atoms with Crippen molar-refractivity contribution in [2.45, 2.75) is 31.2 Å². The van der Waals surface area contributed by atoms with Gasteiger partial charge in [-0.15, -0.1) is 0 Å². The zero-order valence-corrected chi connectivity index (χ0v) is 19.8. The van der Waals surface area contributed by atoms with Crippen LogP contribution in [-0.4, -0.2) is 72.1 Å². The van der Waals surface area contributed by atoms with Crippen molar-refractivity contribution in [1.82, 2.24) is 19.6 Å². The van der Waals surface area contributed by atoms with Gasteiger partial charge in [-0.25, -0.2) is 4.68 Å². The van der Waals surface area contributed by atoms with E-state index in [4.69, 9.17) is 9.47 Å². The topological polar surface area (TPSA) is 42.8 Å². The Balaban J connectivity index is 1.18. The van der Waals surface area contributed by atoms with Gasteiger partial charge in [0.05, 0.1) is 25.5 Å². The van der Waals surface area contributed by atoms with E-state index in [1.807, 2.05) is 23.1 Å². The molecule has 34 heavy (non-hydrogen) atoms. The van der Waals surface area contributed by atoms with Crippen molar-refractivity contribution in [3.05, 3.63) is 77.6 Å². The lowest BCUT2D eigenvalue weighted by Crippen LogP contribution is -2.37. The van der Waals surface area contributed by atoms with Gasteiger partial charge in [-0.2, -0.15) is 5.10 Å². The molecule has 2 saturated heterocycles. The zero-order valence-electron chi connectivity index (χ0n) is 19.8. The van der Waals surface area contributed by atoms with Crippen LogP contribution in [0.4, 0.5) is 0 Å². The van der Waals surface area contributed by atoms with Crippen molar-refractivity contribution < 1.29 is 9.47 Å². The first kappa shape index (κ1) is 21.8. The number of nitrogens with zero attached hydrogens (tertiary/aromatic N) is 4. The highest BCUT2D eigenvalue weighted by molar-refractivity contribution is 5.47. The van der Waals surface area contributed by atoms with Gasteiger partial charge in [0.25, 0.3) is 0 Å². The van der Waals surface area contributed by atoms with Crippen molar-refractivity contribution in [3.63, 3.8) is 0 Å². The fourth-order valence-corrected chi connectivity index (χ4v) is 5.85. The molecule has 0 aliphatic carbocycles. The molecule has 0 bridgehead atoms. The first-order chi connectivity index (χ1) is 16.8. The second kappa shape index (κ2) is 9.90. The molecule has 4 heterocycles. The number of morpholine rings is 1. The molecule has 3 aromatic rings. The van der Waals surface area contributed by atoms with Gasteiger partial charge in [-0.1, -0.05) is 18.2 Å². The second-order valence-corrected chi connectivity index (χ2v) is 9.69. The minimum atomic E-state index is 0.395. The van der Waals surface area contributed by atoms with Crippen molar-refractivity contribution >= 4 is 0 Å². The fourth-order valence-electron chi connectivity index (χ4n) is 5.85. The summed E-state index contributed by atoms with van der Waals surface area (Å²) < 4.78 is 13.6. The van der Waals surface area contributed by atoms with Gasteiger partial charge in [0.15, 0.2) is 0 Å². The molecule has 0 radical (unpaired) electrons. The monoisotopic (exact) mass is 458 g/mol. The Morgan fingerprint density at radius 1 is 1.00 bits per heavy atom. The predicted octanol–water partition coefficient (Wildman–Crippen LogP) is 4.26. The van der Waals surface area contributed by atoms with Crippen molar-refractivity contribution in [1.29, 1.82) is 0 Å². The number of rotatable bonds is 7. The number of fused-ring (bicyclic) bond motifs is 3. The summed E-state index contributed by atoms with van der Waals surface area (Å²) in [6.07, 6.45) is 7.39. The quantitative estimate of drug-likeness (QED) is 0.495. The lowest BCUT2D eigenvalue weighted by Gasteiger charge is -2.37. The van der Waals surface area contributed by atoms with E-state index in [0.717, 1.165) is 63.9 Å². The summed E-state index contributed by atoms with van der Waals surface area (Å²) in [4.78, 5) is 5.15. The zero-order chi connectivity index (χ0) is 22.7. The van der Waals surface area contributed by atoms with Gasteiger partial charge in [0.2, 0.25) is 0 Å². The summed E-state index contributed by atoms with van der Waals surface area (Å²) >= 11 is 0. The van der Waals surface area contributed by atoms with Crippen LogP contribution in [-0.2, 0) is 4.74 Å². The van der Waals surface area contributed by atoms with Gasteiger partial charge in [-0.05, 0) is 72.8 Å². The predicted molar refractivity (Wildman–Crippen MR) is 133 cm³/mol. The van der Waals surface area contributed by atoms with Crippen molar-refractivity contribution in [2.75, 3.05) is 52.5 Å². The minimum absolute atomic E-state index is 0.395. The Morgan fingerprint density at radius 2 is 1.88 bits per heavy atom. The number of ether oxygens (including phenoxy) is 2. The molecule has 0 saturated carbocycles. The van der Waals surface area contributed by atoms with Gasteiger partial charge >= 0.3 is 0 Å². The molecule has 3 aliphatic heterocycles. The van der Waals surface area contributed by atoms with E-state index in [2.05, 4.69) is 57.4 Å². The molecular weight excluding hydrogens is 424 g/mol. The van der Waals surface area contributed by atoms with Crippen molar-refractivity contribution in [3.8, 4) is 11.4 Å². The number of hydrogen-bond acceptors (Lipinski definition) is 5. The van der Waals surface area contributed by atoms with Crippen molar-refractivity contribution in [2.24, 2.45) is 0 Å². The Labute approximate surface area is 202 Å². The Hall–Kier alpha value is -2.67. The van der Waals surface area contributed by atoms with E-state index in [9.17, 15) is 0 Å². The Kier molecular flexibility index (Phi) is 6.36. The molecule has 2 atom stereocenters. The summed E-state index contributed by atoms with van der Waals surface area (Å²) in [5.41, 5.74) is 5.41. The molecule has 6 nitrogen and oxygen atoms in total. The van der Waals surface area contributed by atoms with Gasteiger partial charge in [0, 0.05) is 50.5 Å². The van der Waals surface area contributed by atoms with E-state index in [1.54, 1.807) is 0 Å². The molecule has 2 unspecified atom stereocenters. The summed E-state index contributed by atoms with van der Waals surface area (Å²) in [7, 11) is 0. The maximum atomic E-state index is 6.22. The lowest BCUT2D eigenvalue weighted by molar-refractivity contribution is 0.0358. The van der Waals surface area contributed by atoms with E-state index in [-0.39, 0.29) is 0 Å². The Morgan fingerprint density at radius 3 is 2.71 bits per heavy atom. The van der Waals surface area contributed by atoms with E-state index in [0.29, 0.717) is 12.0 Å². The van der Waals surface area contributed by atoms with Crippen LogP contribution < -0.4 is 4.74 Å². The lowest BCUT2D eigenvalue weighted by atomic mass is 9.81. The SMILES string of the molecule is c1cnn(-c2ccc(C3CN4CCCC4c4cc(OCCCN5CCOCC5)ccc43)cc2)c1. The van der Waals surface area contributed by atoms with E-state index in [1.165, 1.54) is 36.1 Å². The van der Waals surface area contributed by atoms with Gasteiger partial charge in [-0.3, -0.25) is 9.80 Å². The second-order valence-electron chi connectivity index (χ2n) is 9.69. The summed E-state index contributed by atoms with van der Waals surface area (Å²) in [5, 5.41) is 4.36. The smallest absolute Gasteiger partial charge is 0.119 e. The maximum absolute atomic E-state index is 6.22. The van der Waals surface area contributed by atoms with Crippen LogP contribution in [0.2, 0.25) is 0 Å². The average molecular weight is 459 g/mol. The average Bonchev–Trinajstić information content (AvgIpc) is 3.59. The van der Waals surface area contributed by atoms with E-state index < -0.39 is 0 Å². The third kappa shape index (κ3) is 4.50. The molecule has 0 N–H and O–H groups in total. The molecule has 0 spiro atoms. The standard InChI is InChI=1S/C28H34N4O2/c1-4-28-26-20-24(34-17-3-12-30-15-18-33-19-16-30)9-10-25(26)27(21-31(28)13-1)22-5-7-23(8-6-22)32-14-2-11-29-32/h2,5-11,14,20,27-28H,1,3-4,12-13,15-19,21H2. The fraction of sp³-hybridized carbons (Fsp3) is 0.464. The van der Waals surface area contributed by atoms with Gasteiger partial charge in [0.1, 0.15) is 5.75 Å². The van der Waals surface area contributed by atoms with Crippen LogP contribution in [0.25, 0.3) is 5.69 Å². The van der Waals surface area contributed by atoms with Gasteiger partial charge < -0.3 is 9.47 Å². The highest BCUT2D eigenvalue weighted by Gasteiger charge is 2.36. The molecular formula is C28H34N4O2. The molecule has 178 valence electrons. The van der Waals surface area contributed by atoms with Crippen LogP contribution in [0.3, 0.4) is 0 Å². The molecule has 6 heteroatoms. The summed E-state index contributed by atoms with van der Waals surface area (Å²) in [6.45, 7) is 7.94. The third-order valence-electron chi connectivity index (χ3n) is 7.63. The highest BCUT2D eigenvalue weighted by Crippen LogP contribution is 2.45. The largest absolute Gasteiger partial charge is 0.494 e. The highest BCUT2D eigenvalue weighted by atomic mass is 16.5. The van der Waals surface area contributed by atoms with Crippen LogP contribution >= 0.6 is 0 Å². The van der Waals surface area contributed by atoms with Crippen LogP contribution in [0.1, 0.15) is 47.9 Å². The van der Waals surface area contributed by atoms with Crippen LogP contribution in [0.5, 0.6) is 5.75 Å². The molecule has 1 aromatic heterocycles. The molecule has 2 aromatic carbocycles. The maximum Gasteiger partial charge on any atom is 0.119 e. The normalized spacial score (nSPS) is 22.9. The number of benzene rings is 2.